The van der Waals surface area contributed by atoms with Crippen LogP contribution in [0.1, 0.15) is 45.0 Å². The number of amides is 1. The molecule has 8 heteroatoms. The number of carbonyl (C=O) groups is 1. The summed E-state index contributed by atoms with van der Waals surface area (Å²) in [7, 11) is 1.68. The molecule has 0 unspecified atom stereocenters. The highest BCUT2D eigenvalue weighted by atomic mass is 127. The van der Waals surface area contributed by atoms with E-state index in [1.54, 1.807) is 24.7 Å². The molecule has 5 nitrogen and oxygen atoms in total. The second-order valence-electron chi connectivity index (χ2n) is 6.93. The number of furan rings is 1. The van der Waals surface area contributed by atoms with E-state index in [4.69, 9.17) is 14.1 Å². The molecule has 0 fully saturated rings. The van der Waals surface area contributed by atoms with E-state index < -0.39 is 0 Å². The Morgan fingerprint density at radius 2 is 2.07 bits per heavy atom. The van der Waals surface area contributed by atoms with Crippen LogP contribution < -0.4 is 10.1 Å². The van der Waals surface area contributed by atoms with Crippen molar-refractivity contribution in [3.05, 3.63) is 65.0 Å². The quantitative estimate of drug-likeness (QED) is 0.260. The van der Waals surface area contributed by atoms with Crippen molar-refractivity contribution < 1.29 is 13.9 Å². The zero-order valence-corrected chi connectivity index (χ0v) is 21.5. The molecule has 1 amide bonds. The molecule has 4 rings (SSSR count). The van der Waals surface area contributed by atoms with Crippen LogP contribution in [0.4, 0.5) is 5.00 Å². The number of nitrogens with one attached hydrogen (secondary N) is 1. The number of hydrogen-bond acceptors (Lipinski definition) is 5. The second kappa shape index (κ2) is 9.82. The zero-order chi connectivity index (χ0) is 21.1. The van der Waals surface area contributed by atoms with Gasteiger partial charge in [-0.3, -0.25) is 4.79 Å². The van der Waals surface area contributed by atoms with Crippen LogP contribution in [0.3, 0.4) is 0 Å². The number of benzene rings is 1. The van der Waals surface area contributed by atoms with Gasteiger partial charge in [0.25, 0.3) is 5.91 Å². The number of aliphatic imine (C=N–C) groups is 1. The molecule has 156 valence electrons. The molecule has 30 heavy (non-hydrogen) atoms. The average molecular weight is 646 g/mol. The van der Waals surface area contributed by atoms with Crippen LogP contribution in [0.15, 0.2) is 39.9 Å². The highest BCUT2D eigenvalue weighted by Crippen LogP contribution is 2.40. The SMILES string of the molecule is COc1c(I)cc(/C=N\c2sc3c(c2C(=O)NCc2ccco2)CCCC3)cc1I. The fourth-order valence-corrected chi connectivity index (χ4v) is 7.01. The normalized spacial score (nSPS) is 13.4. The average Bonchev–Trinajstić information content (AvgIpc) is 3.37. The Morgan fingerprint density at radius 1 is 1.30 bits per heavy atom. The summed E-state index contributed by atoms with van der Waals surface area (Å²) in [5, 5.41) is 3.77. The van der Waals surface area contributed by atoms with Crippen LogP contribution in [-0.4, -0.2) is 19.2 Å². The minimum atomic E-state index is -0.0863. The van der Waals surface area contributed by atoms with Gasteiger partial charge in [0.1, 0.15) is 16.5 Å². The summed E-state index contributed by atoms with van der Waals surface area (Å²) in [5.41, 5.74) is 2.86. The maximum Gasteiger partial charge on any atom is 0.255 e. The van der Waals surface area contributed by atoms with Gasteiger partial charge in [0.15, 0.2) is 0 Å². The molecule has 1 N–H and O–H groups in total. The van der Waals surface area contributed by atoms with E-state index in [2.05, 4.69) is 50.5 Å². The molecule has 1 aliphatic rings. The molecule has 3 aromatic rings. The summed E-state index contributed by atoms with van der Waals surface area (Å²) >= 11 is 6.17. The third-order valence-corrected chi connectivity index (χ3v) is 7.74. The van der Waals surface area contributed by atoms with Gasteiger partial charge in [-0.2, -0.15) is 0 Å². The highest BCUT2D eigenvalue weighted by Gasteiger charge is 2.25. The van der Waals surface area contributed by atoms with Crippen LogP contribution in [0.2, 0.25) is 0 Å². The standard InChI is InChI=1S/C22H20I2N2O3S/c1-28-20-16(23)9-13(10-17(20)24)11-26-22-19(15-6-2-3-7-18(15)30-22)21(27)25-12-14-5-4-8-29-14/h4-5,8-11H,2-3,6-7,12H2,1H3,(H,25,27)/b26-11-. The van der Waals surface area contributed by atoms with E-state index in [-0.39, 0.29) is 5.91 Å². The van der Waals surface area contributed by atoms with Gasteiger partial charge in [-0.15, -0.1) is 11.3 Å². The first-order valence-electron chi connectivity index (χ1n) is 9.59. The van der Waals surface area contributed by atoms with Crippen molar-refractivity contribution in [3.63, 3.8) is 0 Å². The van der Waals surface area contributed by atoms with E-state index in [9.17, 15) is 4.79 Å². The lowest BCUT2D eigenvalue weighted by atomic mass is 9.95. The summed E-state index contributed by atoms with van der Waals surface area (Å²) in [4.78, 5) is 19.1. The van der Waals surface area contributed by atoms with Gasteiger partial charge in [-0.1, -0.05) is 0 Å². The molecular weight excluding hydrogens is 626 g/mol. The lowest BCUT2D eigenvalue weighted by Crippen LogP contribution is -2.23. The van der Waals surface area contributed by atoms with Crippen molar-refractivity contribution in [2.24, 2.45) is 4.99 Å². The van der Waals surface area contributed by atoms with E-state index in [1.165, 1.54) is 11.3 Å². The van der Waals surface area contributed by atoms with Crippen molar-refractivity contribution in [2.45, 2.75) is 32.2 Å². The number of rotatable bonds is 6. The summed E-state index contributed by atoms with van der Waals surface area (Å²) in [6.45, 7) is 0.370. The molecule has 0 saturated heterocycles. The number of nitrogens with zero attached hydrogens (tertiary/aromatic N) is 1. The van der Waals surface area contributed by atoms with Gasteiger partial charge in [-0.05, 0) is 106 Å². The maximum atomic E-state index is 13.1. The first-order valence-corrected chi connectivity index (χ1v) is 12.6. The van der Waals surface area contributed by atoms with E-state index in [1.807, 2.05) is 30.5 Å². The van der Waals surface area contributed by atoms with Crippen molar-refractivity contribution in [1.29, 1.82) is 0 Å². The Kier molecular flexibility index (Phi) is 7.14. The van der Waals surface area contributed by atoms with Crippen LogP contribution in [0, 0.1) is 7.14 Å². The van der Waals surface area contributed by atoms with Gasteiger partial charge in [0, 0.05) is 11.1 Å². The van der Waals surface area contributed by atoms with Gasteiger partial charge in [-0.25, -0.2) is 4.99 Å². The van der Waals surface area contributed by atoms with Crippen molar-refractivity contribution in [1.82, 2.24) is 5.32 Å². The molecule has 1 aliphatic carbocycles. The number of thiophene rings is 1. The zero-order valence-electron chi connectivity index (χ0n) is 16.3. The summed E-state index contributed by atoms with van der Waals surface area (Å²) < 4.78 is 12.8. The molecule has 0 spiro atoms. The molecule has 0 radical (unpaired) electrons. The highest BCUT2D eigenvalue weighted by molar-refractivity contribution is 14.1. The van der Waals surface area contributed by atoms with Crippen LogP contribution in [-0.2, 0) is 19.4 Å². The molecular formula is C22H20I2N2O3S. The minimum Gasteiger partial charge on any atom is -0.495 e. The number of methoxy groups -OCH3 is 1. The number of aryl methyl sites for hydroxylation is 1. The Hall–Kier alpha value is -1.40. The maximum absolute atomic E-state index is 13.1. The number of hydrogen-bond donors (Lipinski definition) is 1. The predicted octanol–water partition coefficient (Wildman–Crippen LogP) is 6.12. The first-order chi connectivity index (χ1) is 14.6. The topological polar surface area (TPSA) is 63.8 Å². The molecule has 0 bridgehead atoms. The fraction of sp³-hybridized carbons (Fsp3) is 0.273. The van der Waals surface area contributed by atoms with Crippen LogP contribution in [0.25, 0.3) is 0 Å². The van der Waals surface area contributed by atoms with Gasteiger partial charge in [0.2, 0.25) is 0 Å². The molecule has 2 aromatic heterocycles. The largest absolute Gasteiger partial charge is 0.495 e. The van der Waals surface area contributed by atoms with Crippen LogP contribution in [0.5, 0.6) is 5.75 Å². The van der Waals surface area contributed by atoms with Crippen molar-refractivity contribution >= 4 is 73.6 Å². The summed E-state index contributed by atoms with van der Waals surface area (Å²) in [5.74, 6) is 1.52. The smallest absolute Gasteiger partial charge is 0.255 e. The molecule has 0 aliphatic heterocycles. The Bertz CT molecular complexity index is 1070. The first kappa shape index (κ1) is 21.8. The van der Waals surface area contributed by atoms with E-state index in [0.29, 0.717) is 6.54 Å². The monoisotopic (exact) mass is 646 g/mol. The van der Waals surface area contributed by atoms with Crippen molar-refractivity contribution in [3.8, 4) is 5.75 Å². The summed E-state index contributed by atoms with van der Waals surface area (Å²) in [6, 6.07) is 7.75. The Balaban J connectivity index is 1.63. The van der Waals surface area contributed by atoms with E-state index in [0.717, 1.165) is 59.6 Å². The molecule has 0 saturated carbocycles. The van der Waals surface area contributed by atoms with Crippen molar-refractivity contribution in [2.75, 3.05) is 7.11 Å². The Labute approximate surface area is 206 Å². The third kappa shape index (κ3) is 4.75. The van der Waals surface area contributed by atoms with E-state index >= 15 is 0 Å². The Morgan fingerprint density at radius 3 is 2.77 bits per heavy atom. The van der Waals surface area contributed by atoms with Gasteiger partial charge >= 0.3 is 0 Å². The molecule has 1 aromatic carbocycles. The predicted molar refractivity (Wildman–Crippen MR) is 137 cm³/mol. The number of halogens is 2. The van der Waals surface area contributed by atoms with Gasteiger partial charge < -0.3 is 14.5 Å². The summed E-state index contributed by atoms with van der Waals surface area (Å²) in [6.07, 6.45) is 7.68. The number of fused-ring (bicyclic) bond motifs is 1. The number of carbonyl (C=O) groups excluding carboxylic acids is 1. The van der Waals surface area contributed by atoms with Crippen LogP contribution >= 0.6 is 56.5 Å². The molecule has 2 heterocycles. The van der Waals surface area contributed by atoms with Gasteiger partial charge in [0.05, 0.1) is 32.6 Å². The lowest BCUT2D eigenvalue weighted by Gasteiger charge is -2.12. The molecule has 0 atom stereocenters. The number of ether oxygens (including phenoxy) is 1. The second-order valence-corrected chi connectivity index (χ2v) is 10.3. The third-order valence-electron chi connectivity index (χ3n) is 4.94. The lowest BCUT2D eigenvalue weighted by molar-refractivity contribution is 0.0948. The fourth-order valence-electron chi connectivity index (χ4n) is 3.53. The minimum absolute atomic E-state index is 0.0863.